The number of phosphoric acid groups is 2. The first-order valence-corrected chi connectivity index (χ1v) is 32.6. The highest BCUT2D eigenvalue weighted by atomic mass is 31.2. The molecule has 19 heteroatoms. The predicted molar refractivity (Wildman–Crippen MR) is 294 cm³/mol. The lowest BCUT2D eigenvalue weighted by Gasteiger charge is -2.21. The van der Waals surface area contributed by atoms with Crippen molar-refractivity contribution in [2.45, 2.75) is 291 Å². The molecule has 0 amide bonds. The number of ether oxygens (including phenoxy) is 4. The fourth-order valence-corrected chi connectivity index (χ4v) is 9.75. The Morgan fingerprint density at radius 2 is 0.613 bits per heavy atom. The van der Waals surface area contributed by atoms with E-state index < -0.39 is 97.5 Å². The molecular weight excluding hydrogens is 1010 g/mol. The van der Waals surface area contributed by atoms with Gasteiger partial charge in [0.25, 0.3) is 0 Å². The van der Waals surface area contributed by atoms with E-state index in [0.29, 0.717) is 25.7 Å². The molecule has 0 fully saturated rings. The molecule has 444 valence electrons. The number of hydrogen-bond acceptors (Lipinski definition) is 15. The van der Waals surface area contributed by atoms with Crippen molar-refractivity contribution in [3.8, 4) is 0 Å². The number of unbranched alkanes of at least 4 members (excludes halogenated alkanes) is 28. The van der Waals surface area contributed by atoms with Gasteiger partial charge in [0.2, 0.25) is 0 Å². The number of rotatable bonds is 56. The lowest BCUT2D eigenvalue weighted by atomic mass is 10.0. The van der Waals surface area contributed by atoms with Crippen LogP contribution in [0.25, 0.3) is 0 Å². The molecule has 2 unspecified atom stereocenters. The third-order valence-corrected chi connectivity index (χ3v) is 14.7. The van der Waals surface area contributed by atoms with Crippen LogP contribution in [0.5, 0.6) is 0 Å². The minimum Gasteiger partial charge on any atom is -0.462 e. The molecule has 0 aromatic carbocycles. The Kier molecular flexibility index (Phi) is 49.0. The number of phosphoric ester groups is 2. The van der Waals surface area contributed by atoms with E-state index in [1.54, 1.807) is 0 Å². The highest BCUT2D eigenvalue weighted by Gasteiger charge is 2.30. The molecule has 0 aliphatic heterocycles. The average Bonchev–Trinajstić information content (AvgIpc) is 3.37. The van der Waals surface area contributed by atoms with E-state index in [1.165, 1.54) is 77.0 Å². The van der Waals surface area contributed by atoms with Gasteiger partial charge in [-0.3, -0.25) is 37.3 Å². The summed E-state index contributed by atoms with van der Waals surface area (Å²) in [5, 5.41) is 10.5. The molecule has 0 rings (SSSR count). The van der Waals surface area contributed by atoms with Crippen LogP contribution in [0.4, 0.5) is 0 Å². The monoisotopic (exact) mass is 1110 g/mol. The van der Waals surface area contributed by atoms with Gasteiger partial charge in [-0.1, -0.05) is 221 Å². The molecule has 0 aliphatic carbocycles. The van der Waals surface area contributed by atoms with Gasteiger partial charge in [0, 0.05) is 25.7 Å². The van der Waals surface area contributed by atoms with E-state index in [1.807, 2.05) is 0 Å². The van der Waals surface area contributed by atoms with Crippen molar-refractivity contribution in [2.75, 3.05) is 39.6 Å². The van der Waals surface area contributed by atoms with Crippen LogP contribution < -0.4 is 0 Å². The number of carbonyl (C=O) groups is 4. The number of hydrogen-bond donors (Lipinski definition) is 3. The molecule has 0 aliphatic rings. The van der Waals surface area contributed by atoms with E-state index in [9.17, 15) is 43.2 Å². The maximum Gasteiger partial charge on any atom is 0.472 e. The zero-order valence-corrected chi connectivity index (χ0v) is 49.5. The normalized spacial score (nSPS) is 14.5. The van der Waals surface area contributed by atoms with Gasteiger partial charge >= 0.3 is 39.5 Å². The van der Waals surface area contributed by atoms with Crippen molar-refractivity contribution < 1.29 is 80.2 Å². The fourth-order valence-electron chi connectivity index (χ4n) is 8.17. The topological polar surface area (TPSA) is 237 Å². The lowest BCUT2D eigenvalue weighted by Crippen LogP contribution is -2.30. The summed E-state index contributed by atoms with van der Waals surface area (Å²) in [7, 11) is -9.86. The summed E-state index contributed by atoms with van der Waals surface area (Å²) >= 11 is 0. The fraction of sp³-hybridized carbons (Fsp3) is 0.929. The van der Waals surface area contributed by atoms with Gasteiger partial charge in [-0.15, -0.1) is 0 Å². The Bertz CT molecular complexity index is 1480. The second-order valence-electron chi connectivity index (χ2n) is 20.8. The van der Waals surface area contributed by atoms with Gasteiger partial charge in [-0.25, -0.2) is 9.13 Å². The van der Waals surface area contributed by atoms with E-state index >= 15 is 0 Å². The van der Waals surface area contributed by atoms with Gasteiger partial charge in [-0.2, -0.15) is 0 Å². The van der Waals surface area contributed by atoms with Gasteiger partial charge in [-0.05, 0) is 31.6 Å². The summed E-state index contributed by atoms with van der Waals surface area (Å²) in [6, 6.07) is 0. The summed E-state index contributed by atoms with van der Waals surface area (Å²) in [6.45, 7) is 7.00. The highest BCUT2D eigenvalue weighted by molar-refractivity contribution is 7.47. The molecule has 0 bridgehead atoms. The summed E-state index contributed by atoms with van der Waals surface area (Å²) in [5.41, 5.74) is 0. The maximum absolute atomic E-state index is 12.9. The average molecular weight is 1120 g/mol. The molecule has 0 radical (unpaired) electrons. The van der Waals surface area contributed by atoms with Crippen molar-refractivity contribution >= 4 is 39.5 Å². The van der Waals surface area contributed by atoms with Crippen LogP contribution in [0.1, 0.15) is 272 Å². The number of carbonyl (C=O) groups excluding carboxylic acids is 4. The minimum atomic E-state index is -4.93. The first-order valence-electron chi connectivity index (χ1n) is 29.6. The first kappa shape index (κ1) is 73.1. The second kappa shape index (κ2) is 50.3. The molecule has 3 N–H and O–H groups in total. The molecule has 0 aromatic rings. The molecule has 0 spiro atoms. The van der Waals surface area contributed by atoms with Crippen LogP contribution >= 0.6 is 15.6 Å². The largest absolute Gasteiger partial charge is 0.472 e. The van der Waals surface area contributed by atoms with Crippen molar-refractivity contribution in [1.82, 2.24) is 0 Å². The molecule has 5 atom stereocenters. The number of aliphatic hydroxyl groups is 1. The molecule has 0 aromatic heterocycles. The van der Waals surface area contributed by atoms with Gasteiger partial charge in [0.05, 0.1) is 26.4 Å². The Hall–Kier alpha value is -1.94. The SMILES string of the molecule is CCCCCCCCCCCC(=O)OC[C@H](COP(=O)(O)OC[C@@H](O)COP(=O)(O)OC[C@@H](COC(=O)CCCCCCCCC)OC(=O)CCCCCCCCCC)OC(=O)CCCCCCCCCCC(C)C. The Morgan fingerprint density at radius 1 is 0.360 bits per heavy atom. The zero-order valence-electron chi connectivity index (χ0n) is 47.7. The minimum absolute atomic E-state index is 0.104. The zero-order chi connectivity index (χ0) is 55.7. The van der Waals surface area contributed by atoms with E-state index in [-0.39, 0.29) is 25.7 Å². The van der Waals surface area contributed by atoms with Gasteiger partial charge < -0.3 is 33.8 Å². The molecule has 17 nitrogen and oxygen atoms in total. The summed E-state index contributed by atoms with van der Waals surface area (Å²) < 4.78 is 67.4. The third-order valence-electron chi connectivity index (χ3n) is 12.8. The summed E-state index contributed by atoms with van der Waals surface area (Å²) in [4.78, 5) is 71.6. The van der Waals surface area contributed by atoms with Gasteiger partial charge in [0.1, 0.15) is 19.3 Å². The molecule has 75 heavy (non-hydrogen) atoms. The van der Waals surface area contributed by atoms with Crippen LogP contribution in [0.2, 0.25) is 0 Å². The Labute approximate surface area is 454 Å². The van der Waals surface area contributed by atoms with Crippen molar-refractivity contribution in [3.63, 3.8) is 0 Å². The number of esters is 4. The smallest absolute Gasteiger partial charge is 0.462 e. The van der Waals surface area contributed by atoms with E-state index in [0.717, 1.165) is 115 Å². The van der Waals surface area contributed by atoms with Crippen molar-refractivity contribution in [3.05, 3.63) is 0 Å². The quantitative estimate of drug-likeness (QED) is 0.0222. The third kappa shape index (κ3) is 51.3. The Balaban J connectivity index is 5.20. The lowest BCUT2D eigenvalue weighted by molar-refractivity contribution is -0.161. The molecule has 0 saturated heterocycles. The predicted octanol–water partition coefficient (Wildman–Crippen LogP) is 14.7. The van der Waals surface area contributed by atoms with E-state index in [4.69, 9.17) is 37.0 Å². The van der Waals surface area contributed by atoms with Crippen LogP contribution in [0.3, 0.4) is 0 Å². The Morgan fingerprint density at radius 3 is 0.907 bits per heavy atom. The van der Waals surface area contributed by atoms with Crippen LogP contribution in [-0.2, 0) is 65.4 Å². The maximum atomic E-state index is 12.9. The number of aliphatic hydroxyl groups excluding tert-OH is 1. The molecule has 0 heterocycles. The van der Waals surface area contributed by atoms with Crippen LogP contribution in [-0.4, -0.2) is 96.7 Å². The highest BCUT2D eigenvalue weighted by Crippen LogP contribution is 2.45. The summed E-state index contributed by atoms with van der Waals surface area (Å²) in [6.07, 6.45) is 30.9. The first-order chi connectivity index (χ1) is 36.0. The van der Waals surface area contributed by atoms with Crippen LogP contribution in [0.15, 0.2) is 0 Å². The second-order valence-corrected chi connectivity index (χ2v) is 23.7. The van der Waals surface area contributed by atoms with Gasteiger partial charge in [0.15, 0.2) is 12.2 Å². The molecular formula is C56H108O17P2. The van der Waals surface area contributed by atoms with E-state index in [2.05, 4.69) is 34.6 Å². The molecule has 0 saturated carbocycles. The van der Waals surface area contributed by atoms with Crippen LogP contribution in [0, 0.1) is 5.92 Å². The summed E-state index contributed by atoms with van der Waals surface area (Å²) in [5.74, 6) is -1.44. The van der Waals surface area contributed by atoms with Crippen molar-refractivity contribution in [1.29, 1.82) is 0 Å². The standard InChI is InChI=1S/C56H108O17P2/c1-6-9-12-15-18-20-26-30-35-40-54(59)67-46-52(73-56(61)42-37-32-27-22-21-24-28-33-38-49(4)5)48-71-75(64,65)69-44-50(57)43-68-74(62,63)70-47-51(45-66-53(58)39-34-29-23-17-14-11-8-3)72-55(60)41-36-31-25-19-16-13-10-7-2/h49-52,57H,6-48H2,1-5H3,(H,62,63)(H,64,65)/t50-,51+,52+/m0/s1. The van der Waals surface area contributed by atoms with Crippen molar-refractivity contribution in [2.24, 2.45) is 5.92 Å².